The molecule has 1 amide bonds. The van der Waals surface area contributed by atoms with E-state index in [0.29, 0.717) is 12.8 Å². The Morgan fingerprint density at radius 1 is 0.950 bits per heavy atom. The monoisotopic (exact) mass is 851 g/mol. The number of hydrogen-bond acceptors (Lipinski definition) is 16. The number of methoxy groups -OCH3 is 1. The van der Waals surface area contributed by atoms with Gasteiger partial charge < -0.3 is 53.8 Å². The Bertz CT molecular complexity index is 1750. The molecule has 0 spiro atoms. The molecule has 17 nitrogen and oxygen atoms in total. The topological polar surface area (TPSA) is 240 Å². The second kappa shape index (κ2) is 16.5. The quantitative estimate of drug-likeness (QED) is 0.153. The standard InChI is InChI=1S/C43H65NO16/c1-21-24(57-35(50)28(47)31(38(3,4)5)44-36(51)59-39(6,7)8)19-43(53)33(58-34(49)23-16-14-13-15-17-23)30-41(11,32(48)29(56-22(2)45)27(21)40(43,9)10)25(46)18-26-42(30,20-55-26)60-37(52)54-12/h23-26,28-31,33,46-47,53H,13-20H2,1-12H3,(H,44,51)/t24-,25+,26-,28+,29-,30?,31-,33+,41-,42+,43-/m1/s1. The molecule has 11 atom stereocenters. The molecule has 2 bridgehead atoms. The number of aliphatic hydroxyl groups excluding tert-OH is 2. The molecule has 17 heteroatoms. The summed E-state index contributed by atoms with van der Waals surface area (Å²) in [7, 11) is 1.09. The van der Waals surface area contributed by atoms with Gasteiger partial charge in [0.15, 0.2) is 23.6 Å². The third-order valence-corrected chi connectivity index (χ3v) is 13.6. The molecule has 1 saturated heterocycles. The summed E-state index contributed by atoms with van der Waals surface area (Å²) >= 11 is 0. The maximum absolute atomic E-state index is 15.5. The van der Waals surface area contributed by atoms with E-state index in [2.05, 4.69) is 5.32 Å². The number of aliphatic hydroxyl groups is 3. The molecule has 5 aliphatic rings. The molecular formula is C43H65NO16. The summed E-state index contributed by atoms with van der Waals surface area (Å²) in [6, 6.07) is -1.25. The van der Waals surface area contributed by atoms with Crippen molar-refractivity contribution in [1.82, 2.24) is 5.32 Å². The Labute approximate surface area is 351 Å². The zero-order valence-electron chi connectivity index (χ0n) is 37.0. The van der Waals surface area contributed by atoms with Crippen molar-refractivity contribution < 1.29 is 77.2 Å². The van der Waals surface area contributed by atoms with Crippen LogP contribution in [-0.4, -0.2) is 124 Å². The lowest BCUT2D eigenvalue weighted by molar-refractivity contribution is -0.346. The molecule has 4 fully saturated rings. The lowest BCUT2D eigenvalue weighted by Gasteiger charge is -2.67. The molecule has 1 unspecified atom stereocenters. The Morgan fingerprint density at radius 2 is 1.57 bits per heavy atom. The Balaban J connectivity index is 1.72. The molecule has 1 aliphatic heterocycles. The molecule has 4 aliphatic carbocycles. The molecule has 0 aromatic rings. The minimum absolute atomic E-state index is 0.0171. The summed E-state index contributed by atoms with van der Waals surface area (Å²) in [6.07, 6.45) is -9.05. The Hall–Kier alpha value is -3.80. The van der Waals surface area contributed by atoms with Crippen molar-refractivity contribution in [2.45, 2.75) is 181 Å². The van der Waals surface area contributed by atoms with E-state index in [9.17, 15) is 39.3 Å². The molecule has 0 aromatic heterocycles. The van der Waals surface area contributed by atoms with Crippen LogP contribution >= 0.6 is 0 Å². The lowest BCUT2D eigenvalue weighted by Crippen LogP contribution is -2.82. The van der Waals surface area contributed by atoms with Gasteiger partial charge in [0.2, 0.25) is 0 Å². The number of ether oxygens (including phenoxy) is 7. The van der Waals surface area contributed by atoms with Gasteiger partial charge in [-0.3, -0.25) is 14.4 Å². The first-order chi connectivity index (χ1) is 27.6. The predicted molar refractivity (Wildman–Crippen MR) is 210 cm³/mol. The number of amides is 1. The number of ketones is 1. The number of carbonyl (C=O) groups is 6. The van der Waals surface area contributed by atoms with Crippen molar-refractivity contribution in [3.63, 3.8) is 0 Å². The minimum atomic E-state index is -2.35. The van der Waals surface area contributed by atoms with Gasteiger partial charge >= 0.3 is 30.2 Å². The summed E-state index contributed by atoms with van der Waals surface area (Å²) in [5.74, 6) is -5.77. The van der Waals surface area contributed by atoms with Gasteiger partial charge in [-0.2, -0.15) is 0 Å². The first-order valence-electron chi connectivity index (χ1n) is 20.9. The molecular weight excluding hydrogens is 786 g/mol. The maximum Gasteiger partial charge on any atom is 0.508 e. The van der Waals surface area contributed by atoms with Crippen LogP contribution in [0.15, 0.2) is 11.1 Å². The van der Waals surface area contributed by atoms with Gasteiger partial charge in [-0.05, 0) is 64.0 Å². The number of esters is 3. The van der Waals surface area contributed by atoms with Crippen LogP contribution in [0.3, 0.4) is 0 Å². The zero-order chi connectivity index (χ0) is 45.1. The number of hydrogen-bond donors (Lipinski definition) is 4. The summed E-state index contributed by atoms with van der Waals surface area (Å²) in [5, 5.41) is 39.9. The molecule has 1 heterocycles. The van der Waals surface area contributed by atoms with Crippen LogP contribution in [0.5, 0.6) is 0 Å². The van der Waals surface area contributed by atoms with Gasteiger partial charge in [0.05, 0.1) is 43.1 Å². The molecule has 5 rings (SSSR count). The van der Waals surface area contributed by atoms with Gasteiger partial charge in [-0.1, -0.05) is 53.9 Å². The first kappa shape index (κ1) is 47.3. The van der Waals surface area contributed by atoms with Crippen molar-refractivity contribution >= 4 is 35.9 Å². The van der Waals surface area contributed by atoms with Crippen LogP contribution in [0, 0.1) is 28.1 Å². The average molecular weight is 852 g/mol. The van der Waals surface area contributed by atoms with Crippen molar-refractivity contribution in [2.24, 2.45) is 28.1 Å². The van der Waals surface area contributed by atoms with E-state index < -0.39 is 130 Å². The van der Waals surface area contributed by atoms with E-state index >= 15 is 4.79 Å². The largest absolute Gasteiger partial charge is 0.508 e. The summed E-state index contributed by atoms with van der Waals surface area (Å²) in [4.78, 5) is 83.0. The van der Waals surface area contributed by atoms with E-state index in [4.69, 9.17) is 33.2 Å². The normalized spacial score (nSPS) is 35.1. The number of nitrogens with one attached hydrogen (secondary N) is 1. The maximum atomic E-state index is 15.5. The third kappa shape index (κ3) is 8.27. The highest BCUT2D eigenvalue weighted by atomic mass is 16.8. The van der Waals surface area contributed by atoms with Crippen molar-refractivity contribution in [1.29, 1.82) is 0 Å². The third-order valence-electron chi connectivity index (χ3n) is 13.6. The van der Waals surface area contributed by atoms with Gasteiger partial charge in [0, 0.05) is 25.2 Å². The molecule has 338 valence electrons. The van der Waals surface area contributed by atoms with Gasteiger partial charge in [-0.25, -0.2) is 14.4 Å². The highest BCUT2D eigenvalue weighted by molar-refractivity contribution is 5.95. The van der Waals surface area contributed by atoms with Crippen LogP contribution in [0.1, 0.15) is 121 Å². The van der Waals surface area contributed by atoms with Crippen LogP contribution in [-0.2, 0) is 52.3 Å². The van der Waals surface area contributed by atoms with Crippen LogP contribution in [0.4, 0.5) is 9.59 Å². The SMILES string of the molecule is COC(=O)O[C@@]12CO[C@@H]1C[C@H](O)[C@@]1(C)C(=O)[C@H](OC(C)=O)C3=C(C)[C@H](OC(=O)[C@@H](O)[C@@H](NC(=O)OC(C)(C)C)C(C)(C)C)C[C@@](O)([C@@H](OC(=O)C4CCCCC4)C12)C3(C)C. The minimum Gasteiger partial charge on any atom is -0.459 e. The van der Waals surface area contributed by atoms with Crippen LogP contribution in [0.2, 0.25) is 0 Å². The van der Waals surface area contributed by atoms with Gasteiger partial charge in [-0.15, -0.1) is 0 Å². The van der Waals surface area contributed by atoms with Gasteiger partial charge in [0.1, 0.15) is 29.5 Å². The van der Waals surface area contributed by atoms with E-state index in [-0.39, 0.29) is 24.2 Å². The summed E-state index contributed by atoms with van der Waals surface area (Å²) < 4.78 is 40.6. The Morgan fingerprint density at radius 3 is 2.08 bits per heavy atom. The highest BCUT2D eigenvalue weighted by Gasteiger charge is 2.78. The van der Waals surface area contributed by atoms with Crippen molar-refractivity contribution in [2.75, 3.05) is 13.7 Å². The van der Waals surface area contributed by atoms with E-state index in [1.165, 1.54) is 13.8 Å². The second-order valence-corrected chi connectivity index (χ2v) is 20.1. The Kier molecular flexibility index (Phi) is 13.0. The fourth-order valence-electron chi connectivity index (χ4n) is 10.3. The summed E-state index contributed by atoms with van der Waals surface area (Å²) in [5.41, 5.74) is -9.50. The van der Waals surface area contributed by atoms with E-state index in [1.807, 2.05) is 0 Å². The molecule has 0 radical (unpaired) electrons. The van der Waals surface area contributed by atoms with Crippen molar-refractivity contribution in [3.05, 3.63) is 11.1 Å². The van der Waals surface area contributed by atoms with Crippen LogP contribution in [0.25, 0.3) is 0 Å². The van der Waals surface area contributed by atoms with Gasteiger partial charge in [0.25, 0.3) is 0 Å². The molecule has 3 saturated carbocycles. The number of fused-ring (bicyclic) bond motifs is 5. The molecule has 60 heavy (non-hydrogen) atoms. The summed E-state index contributed by atoms with van der Waals surface area (Å²) in [6.45, 7) is 16.9. The number of rotatable bonds is 8. The number of carbonyl (C=O) groups excluding carboxylic acids is 6. The van der Waals surface area contributed by atoms with E-state index in [0.717, 1.165) is 33.3 Å². The predicted octanol–water partition coefficient (Wildman–Crippen LogP) is 3.99. The smallest absolute Gasteiger partial charge is 0.459 e. The second-order valence-electron chi connectivity index (χ2n) is 20.1. The fraction of sp³-hybridized carbons (Fsp3) is 0.814. The van der Waals surface area contributed by atoms with E-state index in [1.54, 1.807) is 55.4 Å². The highest BCUT2D eigenvalue weighted by Crippen LogP contribution is 2.64. The fourth-order valence-corrected chi connectivity index (χ4v) is 10.3. The average Bonchev–Trinajstić information content (AvgIpc) is 3.13. The van der Waals surface area contributed by atoms with Crippen molar-refractivity contribution in [3.8, 4) is 0 Å². The molecule has 4 N–H and O–H groups in total. The molecule has 0 aromatic carbocycles. The number of Topliss-reactive ketones (excluding diaryl/α,β-unsaturated/α-hetero) is 1. The first-order valence-corrected chi connectivity index (χ1v) is 20.9. The lowest BCUT2D eigenvalue weighted by atomic mass is 9.44. The number of alkyl carbamates (subject to hydrolysis) is 1. The zero-order valence-corrected chi connectivity index (χ0v) is 37.0. The van der Waals surface area contributed by atoms with Crippen LogP contribution < -0.4 is 5.32 Å².